The van der Waals surface area contributed by atoms with Gasteiger partial charge in [0.1, 0.15) is 12.4 Å². The molecule has 0 aliphatic heterocycles. The summed E-state index contributed by atoms with van der Waals surface area (Å²) < 4.78 is 10.3. The molecule has 0 saturated heterocycles. The summed E-state index contributed by atoms with van der Waals surface area (Å²) in [4.78, 5) is 21.9. The maximum Gasteiger partial charge on any atom is 0.372 e. The van der Waals surface area contributed by atoms with Crippen molar-refractivity contribution in [2.24, 2.45) is 0 Å². The lowest BCUT2D eigenvalue weighted by Gasteiger charge is -2.05. The molecule has 5 heteroatoms. The van der Waals surface area contributed by atoms with E-state index in [9.17, 15) is 9.59 Å². The van der Waals surface area contributed by atoms with Crippen molar-refractivity contribution < 1.29 is 23.8 Å². The quantitative estimate of drug-likeness (QED) is 0.836. The summed E-state index contributed by atoms with van der Waals surface area (Å²) in [5, 5.41) is 8.86. The molecule has 0 bridgehead atoms. The lowest BCUT2D eigenvalue weighted by Crippen LogP contribution is -2.02. The average Bonchev–Trinajstić information content (AvgIpc) is 2.85. The Labute approximate surface area is 109 Å². The standard InChI is InChI=1S/C14H12O5/c1-9(15)10-2-4-12(5-3-10)19-8-11-6-7-18-13(11)14(16)17/h2-7H,8H2,1H3,(H,16,17). The second kappa shape index (κ2) is 5.39. The van der Waals surface area contributed by atoms with Gasteiger partial charge in [-0.2, -0.15) is 0 Å². The molecule has 0 spiro atoms. The number of aromatic carboxylic acids is 1. The van der Waals surface area contributed by atoms with E-state index in [1.165, 1.54) is 13.2 Å². The molecule has 0 atom stereocenters. The van der Waals surface area contributed by atoms with Crippen LogP contribution in [0.2, 0.25) is 0 Å². The fourth-order valence-corrected chi connectivity index (χ4v) is 1.58. The van der Waals surface area contributed by atoms with Crippen LogP contribution in [-0.4, -0.2) is 16.9 Å². The molecule has 98 valence electrons. The van der Waals surface area contributed by atoms with Crippen LogP contribution in [0.1, 0.15) is 33.4 Å². The summed E-state index contributed by atoms with van der Waals surface area (Å²) in [5.74, 6) is -0.715. The molecule has 0 unspecified atom stereocenters. The Bertz CT molecular complexity index is 595. The van der Waals surface area contributed by atoms with Gasteiger partial charge in [-0.15, -0.1) is 0 Å². The molecule has 0 aliphatic rings. The smallest absolute Gasteiger partial charge is 0.372 e. The first-order valence-electron chi connectivity index (χ1n) is 5.61. The highest BCUT2D eigenvalue weighted by atomic mass is 16.5. The van der Waals surface area contributed by atoms with Crippen molar-refractivity contribution in [3.05, 3.63) is 53.5 Å². The topological polar surface area (TPSA) is 76.7 Å². The number of ketones is 1. The van der Waals surface area contributed by atoms with Crippen LogP contribution in [0.5, 0.6) is 5.75 Å². The number of furan rings is 1. The number of carboxylic acid groups (broad SMARTS) is 1. The molecule has 1 aromatic heterocycles. The van der Waals surface area contributed by atoms with Crippen LogP contribution < -0.4 is 4.74 Å². The molecule has 0 amide bonds. The largest absolute Gasteiger partial charge is 0.489 e. The molecule has 0 fully saturated rings. The monoisotopic (exact) mass is 260 g/mol. The zero-order valence-corrected chi connectivity index (χ0v) is 10.3. The van der Waals surface area contributed by atoms with Crippen molar-refractivity contribution in [1.29, 1.82) is 0 Å². The Hall–Kier alpha value is -2.56. The number of rotatable bonds is 5. The molecule has 2 rings (SSSR count). The Kier molecular flexibility index (Phi) is 3.66. The number of ether oxygens (including phenoxy) is 1. The van der Waals surface area contributed by atoms with Crippen LogP contribution in [0.3, 0.4) is 0 Å². The third-order valence-corrected chi connectivity index (χ3v) is 2.60. The first-order valence-corrected chi connectivity index (χ1v) is 5.61. The van der Waals surface area contributed by atoms with E-state index < -0.39 is 5.97 Å². The first kappa shape index (κ1) is 12.9. The van der Waals surface area contributed by atoms with Gasteiger partial charge in [0.05, 0.1) is 6.26 Å². The average molecular weight is 260 g/mol. The van der Waals surface area contributed by atoms with E-state index in [2.05, 4.69) is 0 Å². The summed E-state index contributed by atoms with van der Waals surface area (Å²) in [6, 6.07) is 8.19. The predicted octanol–water partition coefficient (Wildman–Crippen LogP) is 2.76. The van der Waals surface area contributed by atoms with Gasteiger partial charge in [-0.3, -0.25) is 4.79 Å². The fourth-order valence-electron chi connectivity index (χ4n) is 1.58. The number of carbonyl (C=O) groups is 2. The first-order chi connectivity index (χ1) is 9.08. The number of hydrogen-bond donors (Lipinski definition) is 1. The van der Waals surface area contributed by atoms with Gasteiger partial charge in [0.15, 0.2) is 5.78 Å². The van der Waals surface area contributed by atoms with Crippen molar-refractivity contribution in [3.63, 3.8) is 0 Å². The van der Waals surface area contributed by atoms with Crippen molar-refractivity contribution in [2.75, 3.05) is 0 Å². The molecule has 1 N–H and O–H groups in total. The van der Waals surface area contributed by atoms with E-state index in [1.54, 1.807) is 30.3 Å². The second-order valence-electron chi connectivity index (χ2n) is 3.95. The van der Waals surface area contributed by atoms with Gasteiger partial charge >= 0.3 is 5.97 Å². The van der Waals surface area contributed by atoms with Gasteiger partial charge < -0.3 is 14.3 Å². The highest BCUT2D eigenvalue weighted by molar-refractivity contribution is 5.94. The van der Waals surface area contributed by atoms with Crippen LogP contribution in [-0.2, 0) is 6.61 Å². The SMILES string of the molecule is CC(=O)c1ccc(OCc2ccoc2C(=O)O)cc1. The molecular formula is C14H12O5. The van der Waals surface area contributed by atoms with Crippen molar-refractivity contribution in [2.45, 2.75) is 13.5 Å². The van der Waals surface area contributed by atoms with Crippen LogP contribution in [0.25, 0.3) is 0 Å². The summed E-state index contributed by atoms with van der Waals surface area (Å²) in [7, 11) is 0. The maximum atomic E-state index is 11.1. The number of carboxylic acids is 1. The Morgan fingerprint density at radius 3 is 2.47 bits per heavy atom. The van der Waals surface area contributed by atoms with E-state index in [0.29, 0.717) is 16.9 Å². The third-order valence-electron chi connectivity index (χ3n) is 2.60. The van der Waals surface area contributed by atoms with E-state index in [0.717, 1.165) is 0 Å². The lowest BCUT2D eigenvalue weighted by molar-refractivity contribution is 0.0658. The molecule has 0 saturated carbocycles. The van der Waals surface area contributed by atoms with Crippen LogP contribution in [0.4, 0.5) is 0 Å². The van der Waals surface area contributed by atoms with Gasteiger partial charge in [0.25, 0.3) is 0 Å². The van der Waals surface area contributed by atoms with Crippen LogP contribution >= 0.6 is 0 Å². The fraction of sp³-hybridized carbons (Fsp3) is 0.143. The summed E-state index contributed by atoms with van der Waals surface area (Å²) >= 11 is 0. The van der Waals surface area contributed by atoms with Crippen molar-refractivity contribution in [1.82, 2.24) is 0 Å². The number of hydrogen-bond acceptors (Lipinski definition) is 4. The highest BCUT2D eigenvalue weighted by Gasteiger charge is 2.14. The van der Waals surface area contributed by atoms with E-state index >= 15 is 0 Å². The molecule has 2 aromatic rings. The van der Waals surface area contributed by atoms with E-state index in [-0.39, 0.29) is 18.2 Å². The summed E-state index contributed by atoms with van der Waals surface area (Å²) in [6.45, 7) is 1.58. The van der Waals surface area contributed by atoms with Gasteiger partial charge in [-0.05, 0) is 37.3 Å². The predicted molar refractivity (Wildman–Crippen MR) is 66.4 cm³/mol. The molecule has 1 heterocycles. The molecule has 0 aliphatic carbocycles. The van der Waals surface area contributed by atoms with Gasteiger partial charge in [0.2, 0.25) is 5.76 Å². The zero-order chi connectivity index (χ0) is 13.8. The third kappa shape index (κ3) is 3.01. The minimum Gasteiger partial charge on any atom is -0.489 e. The van der Waals surface area contributed by atoms with E-state index in [4.69, 9.17) is 14.3 Å². The maximum absolute atomic E-state index is 11.1. The van der Waals surface area contributed by atoms with Crippen molar-refractivity contribution in [3.8, 4) is 5.75 Å². The molecule has 1 aromatic carbocycles. The Morgan fingerprint density at radius 1 is 1.21 bits per heavy atom. The van der Waals surface area contributed by atoms with Crippen molar-refractivity contribution >= 4 is 11.8 Å². The Morgan fingerprint density at radius 2 is 1.89 bits per heavy atom. The van der Waals surface area contributed by atoms with Crippen LogP contribution in [0.15, 0.2) is 41.0 Å². The molecule has 19 heavy (non-hydrogen) atoms. The second-order valence-corrected chi connectivity index (χ2v) is 3.95. The number of carbonyl (C=O) groups excluding carboxylic acids is 1. The molecule has 5 nitrogen and oxygen atoms in total. The number of Topliss-reactive ketones (excluding diaryl/α,β-unsaturated/α-hetero) is 1. The van der Waals surface area contributed by atoms with E-state index in [1.807, 2.05) is 0 Å². The normalized spacial score (nSPS) is 10.2. The molecule has 0 radical (unpaired) electrons. The minimum atomic E-state index is -1.13. The minimum absolute atomic E-state index is 0.0189. The zero-order valence-electron chi connectivity index (χ0n) is 10.3. The Balaban J connectivity index is 2.04. The molecular weight excluding hydrogens is 248 g/mol. The van der Waals surface area contributed by atoms with Gasteiger partial charge in [-0.25, -0.2) is 4.79 Å². The highest BCUT2D eigenvalue weighted by Crippen LogP contribution is 2.17. The number of benzene rings is 1. The van der Waals surface area contributed by atoms with Crippen LogP contribution in [0, 0.1) is 0 Å². The summed E-state index contributed by atoms with van der Waals surface area (Å²) in [6.07, 6.45) is 1.31. The lowest BCUT2D eigenvalue weighted by atomic mass is 10.1. The van der Waals surface area contributed by atoms with Gasteiger partial charge in [0, 0.05) is 11.1 Å². The van der Waals surface area contributed by atoms with Gasteiger partial charge in [-0.1, -0.05) is 0 Å². The summed E-state index contributed by atoms with van der Waals surface area (Å²) in [5.41, 5.74) is 1.06.